The molecule has 1 aromatic carbocycles. The molecule has 2 rings (SSSR count). The minimum absolute atomic E-state index is 0.121. The number of nitrogens with zero attached hydrogens (tertiary/aromatic N) is 2. The highest BCUT2D eigenvalue weighted by atomic mass is 16.3. The molecule has 4 heteroatoms. The van der Waals surface area contributed by atoms with Crippen LogP contribution in [0.1, 0.15) is 25.6 Å². The Morgan fingerprint density at radius 3 is 2.81 bits per heavy atom. The molecule has 86 valence electrons. The van der Waals surface area contributed by atoms with Crippen LogP contribution in [0.2, 0.25) is 0 Å². The summed E-state index contributed by atoms with van der Waals surface area (Å²) in [6, 6.07) is 5.69. The number of aliphatic hydroxyl groups is 1. The molecular formula is C12H17N3O. The number of anilines is 1. The fourth-order valence-electron chi connectivity index (χ4n) is 1.94. The molecule has 4 nitrogen and oxygen atoms in total. The second-order valence-corrected chi connectivity index (χ2v) is 4.25. The molecule has 1 heterocycles. The predicted octanol–water partition coefficient (Wildman–Crippen LogP) is 1.73. The Bertz CT molecular complexity index is 502. The number of hydrogen-bond donors (Lipinski definition) is 2. The average Bonchev–Trinajstić information content (AvgIpc) is 2.57. The zero-order chi connectivity index (χ0) is 11.7. The number of imidazole rings is 1. The van der Waals surface area contributed by atoms with E-state index in [9.17, 15) is 0 Å². The third-order valence-electron chi connectivity index (χ3n) is 2.64. The Labute approximate surface area is 94.7 Å². The summed E-state index contributed by atoms with van der Waals surface area (Å²) in [6.45, 7) is 4.89. The van der Waals surface area contributed by atoms with Gasteiger partial charge in [0.2, 0.25) is 0 Å². The van der Waals surface area contributed by atoms with Crippen molar-refractivity contribution in [1.82, 2.24) is 9.55 Å². The van der Waals surface area contributed by atoms with E-state index >= 15 is 0 Å². The maximum absolute atomic E-state index is 9.09. The van der Waals surface area contributed by atoms with Gasteiger partial charge in [-0.25, -0.2) is 4.98 Å². The van der Waals surface area contributed by atoms with E-state index in [-0.39, 0.29) is 6.61 Å². The summed E-state index contributed by atoms with van der Waals surface area (Å²) in [4.78, 5) is 4.56. The zero-order valence-corrected chi connectivity index (χ0v) is 9.64. The van der Waals surface area contributed by atoms with Crippen LogP contribution >= 0.6 is 0 Å². The number of aromatic nitrogens is 2. The second-order valence-electron chi connectivity index (χ2n) is 4.25. The first-order valence-electron chi connectivity index (χ1n) is 5.50. The summed E-state index contributed by atoms with van der Waals surface area (Å²) in [5.41, 5.74) is 8.39. The summed E-state index contributed by atoms with van der Waals surface area (Å²) < 4.78 is 2.05. The van der Waals surface area contributed by atoms with Gasteiger partial charge in [0.15, 0.2) is 0 Å². The van der Waals surface area contributed by atoms with E-state index in [1.807, 2.05) is 18.2 Å². The van der Waals surface area contributed by atoms with Crippen LogP contribution in [-0.4, -0.2) is 21.3 Å². The van der Waals surface area contributed by atoms with Gasteiger partial charge >= 0.3 is 0 Å². The first kappa shape index (κ1) is 11.0. The van der Waals surface area contributed by atoms with Gasteiger partial charge in [-0.1, -0.05) is 13.8 Å². The van der Waals surface area contributed by atoms with E-state index in [1.165, 1.54) is 0 Å². The Morgan fingerprint density at radius 1 is 1.44 bits per heavy atom. The number of fused-ring (bicyclic) bond motifs is 1. The van der Waals surface area contributed by atoms with Crippen molar-refractivity contribution in [3.8, 4) is 0 Å². The third-order valence-corrected chi connectivity index (χ3v) is 2.64. The Morgan fingerprint density at radius 2 is 2.19 bits per heavy atom. The van der Waals surface area contributed by atoms with Crippen molar-refractivity contribution in [3.05, 3.63) is 24.0 Å². The van der Waals surface area contributed by atoms with Crippen molar-refractivity contribution >= 4 is 16.7 Å². The van der Waals surface area contributed by atoms with Gasteiger partial charge in [0.25, 0.3) is 0 Å². The molecule has 0 unspecified atom stereocenters. The smallest absolute Gasteiger partial charge is 0.112 e. The molecule has 3 N–H and O–H groups in total. The van der Waals surface area contributed by atoms with Crippen LogP contribution in [0.4, 0.5) is 5.69 Å². The summed E-state index contributed by atoms with van der Waals surface area (Å²) in [5.74, 6) is 1.33. The van der Waals surface area contributed by atoms with Gasteiger partial charge in [-0.15, -0.1) is 0 Å². The highest BCUT2D eigenvalue weighted by Crippen LogP contribution is 2.23. The Kier molecular flexibility index (Phi) is 2.83. The normalized spacial score (nSPS) is 11.5. The molecule has 0 atom stereocenters. The van der Waals surface area contributed by atoms with Crippen LogP contribution in [0, 0.1) is 0 Å². The Balaban J connectivity index is 2.65. The minimum atomic E-state index is 0.121. The molecule has 0 radical (unpaired) electrons. The van der Waals surface area contributed by atoms with E-state index in [0.717, 1.165) is 22.5 Å². The quantitative estimate of drug-likeness (QED) is 0.773. The second kappa shape index (κ2) is 4.14. The van der Waals surface area contributed by atoms with E-state index in [1.54, 1.807) is 0 Å². The lowest BCUT2D eigenvalue weighted by Crippen LogP contribution is -2.08. The van der Waals surface area contributed by atoms with Gasteiger partial charge in [0.1, 0.15) is 5.82 Å². The average molecular weight is 219 g/mol. The molecule has 0 bridgehead atoms. The SMILES string of the molecule is CC(C)c1nc2cc(N)ccc2n1CCO. The number of hydrogen-bond acceptors (Lipinski definition) is 3. The van der Waals surface area contributed by atoms with Crippen molar-refractivity contribution < 1.29 is 5.11 Å². The van der Waals surface area contributed by atoms with E-state index in [4.69, 9.17) is 10.8 Å². The predicted molar refractivity (Wildman–Crippen MR) is 65.3 cm³/mol. The van der Waals surface area contributed by atoms with Gasteiger partial charge in [0, 0.05) is 18.2 Å². The number of nitrogens with two attached hydrogens (primary N) is 1. The molecule has 0 fully saturated rings. The van der Waals surface area contributed by atoms with Crippen molar-refractivity contribution in [2.45, 2.75) is 26.3 Å². The number of benzene rings is 1. The zero-order valence-electron chi connectivity index (χ0n) is 9.64. The first-order valence-corrected chi connectivity index (χ1v) is 5.50. The first-order chi connectivity index (χ1) is 7.63. The maximum atomic E-state index is 9.09. The summed E-state index contributed by atoms with van der Waals surface area (Å²) in [7, 11) is 0. The molecule has 16 heavy (non-hydrogen) atoms. The van der Waals surface area contributed by atoms with Crippen molar-refractivity contribution in [2.75, 3.05) is 12.3 Å². The van der Waals surface area contributed by atoms with Crippen LogP contribution in [-0.2, 0) is 6.54 Å². The molecule has 0 amide bonds. The van der Waals surface area contributed by atoms with Crippen LogP contribution in [0.5, 0.6) is 0 Å². The van der Waals surface area contributed by atoms with Gasteiger partial charge < -0.3 is 15.4 Å². The Hall–Kier alpha value is -1.55. The summed E-state index contributed by atoms with van der Waals surface area (Å²) in [6.07, 6.45) is 0. The fourth-order valence-corrected chi connectivity index (χ4v) is 1.94. The standard InChI is InChI=1S/C12H17N3O/c1-8(2)12-14-10-7-9(13)3-4-11(10)15(12)5-6-16/h3-4,7-8,16H,5-6,13H2,1-2H3. The van der Waals surface area contributed by atoms with Gasteiger partial charge in [-0.3, -0.25) is 0 Å². The molecule has 0 saturated carbocycles. The molecule has 0 aliphatic rings. The molecule has 0 saturated heterocycles. The molecule has 0 aliphatic heterocycles. The minimum Gasteiger partial charge on any atom is -0.399 e. The van der Waals surface area contributed by atoms with E-state index < -0.39 is 0 Å². The summed E-state index contributed by atoms with van der Waals surface area (Å²) in [5, 5.41) is 9.09. The number of aliphatic hydroxyl groups excluding tert-OH is 1. The van der Waals surface area contributed by atoms with Gasteiger partial charge in [-0.2, -0.15) is 0 Å². The lowest BCUT2D eigenvalue weighted by atomic mass is 10.2. The third kappa shape index (κ3) is 1.76. The maximum Gasteiger partial charge on any atom is 0.112 e. The van der Waals surface area contributed by atoms with Crippen LogP contribution in [0.15, 0.2) is 18.2 Å². The van der Waals surface area contributed by atoms with E-state index in [0.29, 0.717) is 12.5 Å². The lowest BCUT2D eigenvalue weighted by molar-refractivity contribution is 0.275. The highest BCUT2D eigenvalue weighted by Gasteiger charge is 2.12. The lowest BCUT2D eigenvalue weighted by Gasteiger charge is -2.09. The van der Waals surface area contributed by atoms with Gasteiger partial charge in [-0.05, 0) is 18.2 Å². The largest absolute Gasteiger partial charge is 0.399 e. The van der Waals surface area contributed by atoms with Crippen LogP contribution in [0.3, 0.4) is 0 Å². The number of rotatable bonds is 3. The molecule has 1 aromatic heterocycles. The van der Waals surface area contributed by atoms with Crippen LogP contribution in [0.25, 0.3) is 11.0 Å². The molecule has 2 aromatic rings. The van der Waals surface area contributed by atoms with Crippen molar-refractivity contribution in [2.24, 2.45) is 0 Å². The molecular weight excluding hydrogens is 202 g/mol. The van der Waals surface area contributed by atoms with Crippen molar-refractivity contribution in [1.29, 1.82) is 0 Å². The monoisotopic (exact) mass is 219 g/mol. The van der Waals surface area contributed by atoms with Crippen molar-refractivity contribution in [3.63, 3.8) is 0 Å². The topological polar surface area (TPSA) is 64.1 Å². The highest BCUT2D eigenvalue weighted by molar-refractivity contribution is 5.79. The molecule has 0 aliphatic carbocycles. The summed E-state index contributed by atoms with van der Waals surface area (Å²) >= 11 is 0. The number of nitrogen functional groups attached to an aromatic ring is 1. The van der Waals surface area contributed by atoms with Gasteiger partial charge in [0.05, 0.1) is 17.6 Å². The molecule has 0 spiro atoms. The van der Waals surface area contributed by atoms with E-state index in [2.05, 4.69) is 23.4 Å². The van der Waals surface area contributed by atoms with Crippen LogP contribution < -0.4 is 5.73 Å². The fraction of sp³-hybridized carbons (Fsp3) is 0.417.